The quantitative estimate of drug-likeness (QED) is 0.753. The van der Waals surface area contributed by atoms with Crippen molar-refractivity contribution in [2.75, 3.05) is 26.0 Å². The second-order valence-electron chi connectivity index (χ2n) is 3.49. The summed E-state index contributed by atoms with van der Waals surface area (Å²) in [6, 6.07) is 5.65. The zero-order valence-corrected chi connectivity index (χ0v) is 9.51. The number of phenols is 1. The molecular formula is C11H15NO2S. The predicted octanol–water partition coefficient (Wildman–Crippen LogP) is 1.78. The normalized spacial score (nSPS) is 21.5. The molecule has 2 rings (SSSR count). The van der Waals surface area contributed by atoms with Crippen molar-refractivity contribution < 1.29 is 9.84 Å². The summed E-state index contributed by atoms with van der Waals surface area (Å²) in [5.74, 6) is 0.321. The van der Waals surface area contributed by atoms with Crippen LogP contribution in [-0.4, -0.2) is 31.1 Å². The molecule has 2 N–H and O–H groups in total. The Morgan fingerprint density at radius 2 is 2.40 bits per heavy atom. The average molecular weight is 225 g/mol. The molecule has 3 nitrogen and oxygen atoms in total. The van der Waals surface area contributed by atoms with Gasteiger partial charge in [0.25, 0.3) is 0 Å². The van der Waals surface area contributed by atoms with Crippen molar-refractivity contribution in [3.05, 3.63) is 23.8 Å². The van der Waals surface area contributed by atoms with Gasteiger partial charge < -0.3 is 15.2 Å². The maximum absolute atomic E-state index is 9.77. The first kappa shape index (κ1) is 10.8. The highest BCUT2D eigenvalue weighted by Crippen LogP contribution is 2.31. The molecule has 1 unspecified atom stereocenters. The molecule has 82 valence electrons. The minimum atomic E-state index is -0.0224. The van der Waals surface area contributed by atoms with Gasteiger partial charge in [0.05, 0.1) is 12.7 Å². The maximum Gasteiger partial charge on any atom is 0.121 e. The van der Waals surface area contributed by atoms with E-state index in [2.05, 4.69) is 5.32 Å². The van der Waals surface area contributed by atoms with Crippen molar-refractivity contribution in [3.63, 3.8) is 0 Å². The SMILES string of the molecule is CSc1ccc(O)c(C2CNCCO2)c1. The highest BCUT2D eigenvalue weighted by Gasteiger charge is 2.19. The van der Waals surface area contributed by atoms with Crippen LogP contribution in [0.25, 0.3) is 0 Å². The fraction of sp³-hybridized carbons (Fsp3) is 0.455. The average Bonchev–Trinajstić information content (AvgIpc) is 2.31. The Balaban J connectivity index is 2.24. The Morgan fingerprint density at radius 1 is 1.53 bits per heavy atom. The number of nitrogens with one attached hydrogen (secondary N) is 1. The number of morpholine rings is 1. The third kappa shape index (κ3) is 2.45. The van der Waals surface area contributed by atoms with E-state index in [1.807, 2.05) is 18.4 Å². The summed E-state index contributed by atoms with van der Waals surface area (Å²) in [4.78, 5) is 1.15. The Morgan fingerprint density at radius 3 is 3.07 bits per heavy atom. The third-order valence-corrected chi connectivity index (χ3v) is 3.23. The van der Waals surface area contributed by atoms with Crippen LogP contribution in [0.4, 0.5) is 0 Å². The lowest BCUT2D eigenvalue weighted by atomic mass is 10.1. The lowest BCUT2D eigenvalue weighted by Crippen LogP contribution is -2.33. The molecule has 4 heteroatoms. The molecule has 0 bridgehead atoms. The van der Waals surface area contributed by atoms with Crippen LogP contribution in [0, 0.1) is 0 Å². The Kier molecular flexibility index (Phi) is 3.51. The van der Waals surface area contributed by atoms with E-state index in [9.17, 15) is 5.11 Å². The molecule has 0 radical (unpaired) electrons. The van der Waals surface area contributed by atoms with Gasteiger partial charge in [-0.05, 0) is 24.5 Å². The molecule has 1 aliphatic heterocycles. The first-order chi connectivity index (χ1) is 7.31. The molecule has 0 amide bonds. The molecular weight excluding hydrogens is 210 g/mol. The van der Waals surface area contributed by atoms with Crippen LogP contribution in [0.5, 0.6) is 5.75 Å². The molecule has 1 fully saturated rings. The summed E-state index contributed by atoms with van der Waals surface area (Å²) < 4.78 is 5.61. The third-order valence-electron chi connectivity index (χ3n) is 2.51. The van der Waals surface area contributed by atoms with Gasteiger partial charge in [-0.25, -0.2) is 0 Å². The van der Waals surface area contributed by atoms with Crippen LogP contribution in [0.15, 0.2) is 23.1 Å². The fourth-order valence-electron chi connectivity index (χ4n) is 1.68. The van der Waals surface area contributed by atoms with Crippen LogP contribution in [0.1, 0.15) is 11.7 Å². The molecule has 1 saturated heterocycles. The van der Waals surface area contributed by atoms with Crippen molar-refractivity contribution in [1.82, 2.24) is 5.32 Å². The molecule has 0 aliphatic carbocycles. The van der Waals surface area contributed by atoms with E-state index in [1.54, 1.807) is 17.8 Å². The van der Waals surface area contributed by atoms with Crippen LogP contribution in [0.2, 0.25) is 0 Å². The van der Waals surface area contributed by atoms with E-state index in [1.165, 1.54) is 0 Å². The van der Waals surface area contributed by atoms with Gasteiger partial charge in [-0.15, -0.1) is 11.8 Å². The first-order valence-corrected chi connectivity index (χ1v) is 6.23. The Labute approximate surface area is 93.8 Å². The van der Waals surface area contributed by atoms with Crippen LogP contribution in [0.3, 0.4) is 0 Å². The van der Waals surface area contributed by atoms with Crippen LogP contribution < -0.4 is 5.32 Å². The fourth-order valence-corrected chi connectivity index (χ4v) is 2.13. The molecule has 0 aromatic heterocycles. The smallest absolute Gasteiger partial charge is 0.121 e. The zero-order valence-electron chi connectivity index (χ0n) is 8.69. The lowest BCUT2D eigenvalue weighted by Gasteiger charge is -2.24. The molecule has 0 saturated carbocycles. The number of aromatic hydroxyl groups is 1. The highest BCUT2D eigenvalue weighted by molar-refractivity contribution is 7.98. The maximum atomic E-state index is 9.77. The number of ether oxygens (including phenoxy) is 1. The predicted molar refractivity (Wildman–Crippen MR) is 61.5 cm³/mol. The minimum absolute atomic E-state index is 0.0224. The largest absolute Gasteiger partial charge is 0.508 e. The van der Waals surface area contributed by atoms with Gasteiger partial charge in [-0.2, -0.15) is 0 Å². The monoisotopic (exact) mass is 225 g/mol. The van der Waals surface area contributed by atoms with Gasteiger partial charge >= 0.3 is 0 Å². The number of hydrogen-bond donors (Lipinski definition) is 2. The number of rotatable bonds is 2. The van der Waals surface area contributed by atoms with Gasteiger partial charge in [0, 0.05) is 23.5 Å². The van der Waals surface area contributed by atoms with E-state index in [-0.39, 0.29) is 6.10 Å². The summed E-state index contributed by atoms with van der Waals surface area (Å²) in [5, 5.41) is 13.0. The van der Waals surface area contributed by atoms with Crippen molar-refractivity contribution >= 4 is 11.8 Å². The summed E-state index contributed by atoms with van der Waals surface area (Å²) >= 11 is 1.67. The molecule has 1 atom stereocenters. The van der Waals surface area contributed by atoms with Gasteiger partial charge in [0.15, 0.2) is 0 Å². The van der Waals surface area contributed by atoms with Crippen molar-refractivity contribution in [2.45, 2.75) is 11.0 Å². The molecule has 1 aromatic rings. The second-order valence-corrected chi connectivity index (χ2v) is 4.37. The number of benzene rings is 1. The van der Waals surface area contributed by atoms with Gasteiger partial charge in [-0.1, -0.05) is 0 Å². The van der Waals surface area contributed by atoms with Gasteiger partial charge in [-0.3, -0.25) is 0 Å². The number of thioether (sulfide) groups is 1. The topological polar surface area (TPSA) is 41.5 Å². The number of hydrogen-bond acceptors (Lipinski definition) is 4. The van der Waals surface area contributed by atoms with Gasteiger partial charge in [0.2, 0.25) is 0 Å². The lowest BCUT2D eigenvalue weighted by molar-refractivity contribution is 0.0262. The summed E-state index contributed by atoms with van der Waals surface area (Å²) in [6.45, 7) is 2.36. The molecule has 1 aromatic carbocycles. The summed E-state index contributed by atoms with van der Waals surface area (Å²) in [7, 11) is 0. The second kappa shape index (κ2) is 4.88. The molecule has 0 spiro atoms. The Bertz CT molecular complexity index is 337. The Hall–Kier alpha value is -0.710. The van der Waals surface area contributed by atoms with Crippen molar-refractivity contribution in [1.29, 1.82) is 0 Å². The van der Waals surface area contributed by atoms with E-state index in [4.69, 9.17) is 4.74 Å². The molecule has 1 heterocycles. The minimum Gasteiger partial charge on any atom is -0.508 e. The van der Waals surface area contributed by atoms with Gasteiger partial charge in [0.1, 0.15) is 5.75 Å². The van der Waals surface area contributed by atoms with Crippen molar-refractivity contribution in [2.24, 2.45) is 0 Å². The number of phenolic OH excluding ortho intramolecular Hbond substituents is 1. The van der Waals surface area contributed by atoms with Crippen LogP contribution >= 0.6 is 11.8 Å². The molecule has 15 heavy (non-hydrogen) atoms. The van der Waals surface area contributed by atoms with Crippen LogP contribution in [-0.2, 0) is 4.74 Å². The standard InChI is InChI=1S/C11H15NO2S/c1-15-8-2-3-10(13)9(6-8)11-7-12-4-5-14-11/h2-3,6,11-13H,4-5,7H2,1H3. The van der Waals surface area contributed by atoms with E-state index >= 15 is 0 Å². The highest BCUT2D eigenvalue weighted by atomic mass is 32.2. The zero-order chi connectivity index (χ0) is 10.7. The summed E-state index contributed by atoms with van der Waals surface area (Å²) in [6.07, 6.45) is 2.00. The van der Waals surface area contributed by atoms with Crippen molar-refractivity contribution in [3.8, 4) is 5.75 Å². The summed E-state index contributed by atoms with van der Waals surface area (Å²) in [5.41, 5.74) is 0.883. The first-order valence-electron chi connectivity index (χ1n) is 5.00. The van der Waals surface area contributed by atoms with E-state index in [0.717, 1.165) is 23.5 Å². The van der Waals surface area contributed by atoms with E-state index in [0.29, 0.717) is 12.4 Å². The van der Waals surface area contributed by atoms with E-state index < -0.39 is 0 Å². The molecule has 1 aliphatic rings.